The molecule has 5 nitrogen and oxygen atoms in total. The minimum atomic E-state index is -0.848. The Morgan fingerprint density at radius 3 is 2.94 bits per heavy atom. The van der Waals surface area contributed by atoms with E-state index in [0.29, 0.717) is 24.8 Å². The van der Waals surface area contributed by atoms with E-state index >= 15 is 0 Å². The molecule has 0 aromatic heterocycles. The summed E-state index contributed by atoms with van der Waals surface area (Å²) >= 11 is 0. The SMILES string of the molecule is O=C(O)CCCC1=CC(OCCO)CC1=O. The Morgan fingerprint density at radius 2 is 2.31 bits per heavy atom. The van der Waals surface area contributed by atoms with E-state index in [1.54, 1.807) is 6.08 Å². The average molecular weight is 228 g/mol. The smallest absolute Gasteiger partial charge is 0.303 e. The summed E-state index contributed by atoms with van der Waals surface area (Å²) in [4.78, 5) is 21.8. The van der Waals surface area contributed by atoms with Gasteiger partial charge in [-0.2, -0.15) is 0 Å². The second kappa shape index (κ2) is 6.40. The highest BCUT2D eigenvalue weighted by Gasteiger charge is 2.23. The van der Waals surface area contributed by atoms with Crippen molar-refractivity contribution in [1.29, 1.82) is 0 Å². The molecular formula is C11H16O5. The molecule has 0 aromatic rings. The summed E-state index contributed by atoms with van der Waals surface area (Å²) in [6.45, 7) is 0.156. The number of aliphatic carboxylic acids is 1. The number of carboxylic acids is 1. The van der Waals surface area contributed by atoms with Crippen LogP contribution in [-0.2, 0) is 14.3 Å². The molecule has 0 amide bonds. The Kier molecular flexibility index (Phi) is 5.14. The van der Waals surface area contributed by atoms with Crippen LogP contribution in [0.1, 0.15) is 25.7 Å². The van der Waals surface area contributed by atoms with Crippen LogP contribution < -0.4 is 0 Å². The summed E-state index contributed by atoms with van der Waals surface area (Å²) in [5, 5.41) is 17.0. The number of hydrogen-bond donors (Lipinski definition) is 2. The van der Waals surface area contributed by atoms with E-state index < -0.39 is 5.97 Å². The largest absolute Gasteiger partial charge is 0.481 e. The fourth-order valence-corrected chi connectivity index (χ4v) is 1.65. The van der Waals surface area contributed by atoms with Crippen LogP contribution in [0.5, 0.6) is 0 Å². The standard InChI is InChI=1S/C11H16O5/c12-4-5-16-9-6-8(10(13)7-9)2-1-3-11(14)15/h6,9,12H,1-5,7H2,(H,14,15). The van der Waals surface area contributed by atoms with Crippen molar-refractivity contribution in [2.45, 2.75) is 31.8 Å². The van der Waals surface area contributed by atoms with Gasteiger partial charge >= 0.3 is 5.97 Å². The molecule has 2 N–H and O–H groups in total. The van der Waals surface area contributed by atoms with Gasteiger partial charge in [0.05, 0.1) is 19.3 Å². The highest BCUT2D eigenvalue weighted by molar-refractivity contribution is 5.98. The number of carbonyl (C=O) groups excluding carboxylic acids is 1. The highest BCUT2D eigenvalue weighted by Crippen LogP contribution is 2.22. The molecule has 0 saturated heterocycles. The monoisotopic (exact) mass is 228 g/mol. The molecule has 0 bridgehead atoms. The van der Waals surface area contributed by atoms with Crippen molar-refractivity contribution in [3.05, 3.63) is 11.6 Å². The van der Waals surface area contributed by atoms with Gasteiger partial charge in [0.25, 0.3) is 0 Å². The number of carboxylic acid groups (broad SMARTS) is 1. The number of ketones is 1. The van der Waals surface area contributed by atoms with Crippen LogP contribution in [0.3, 0.4) is 0 Å². The van der Waals surface area contributed by atoms with Gasteiger partial charge in [-0.1, -0.05) is 0 Å². The van der Waals surface area contributed by atoms with Gasteiger partial charge in [0.2, 0.25) is 0 Å². The Balaban J connectivity index is 2.34. The Labute approximate surface area is 93.7 Å². The molecule has 0 fully saturated rings. The van der Waals surface area contributed by atoms with Crippen molar-refractivity contribution in [1.82, 2.24) is 0 Å². The fourth-order valence-electron chi connectivity index (χ4n) is 1.65. The third kappa shape index (κ3) is 4.12. The lowest BCUT2D eigenvalue weighted by Crippen LogP contribution is -2.11. The first-order chi connectivity index (χ1) is 7.63. The third-order valence-corrected chi connectivity index (χ3v) is 2.39. The van der Waals surface area contributed by atoms with E-state index in [9.17, 15) is 9.59 Å². The van der Waals surface area contributed by atoms with Crippen LogP contribution in [0.25, 0.3) is 0 Å². The number of ether oxygens (including phenoxy) is 1. The maximum atomic E-state index is 11.5. The first-order valence-electron chi connectivity index (χ1n) is 5.31. The lowest BCUT2D eigenvalue weighted by atomic mass is 10.1. The van der Waals surface area contributed by atoms with Gasteiger partial charge in [0.1, 0.15) is 0 Å². The molecule has 5 heteroatoms. The van der Waals surface area contributed by atoms with Crippen LogP contribution in [0, 0.1) is 0 Å². The first kappa shape index (κ1) is 12.9. The fraction of sp³-hybridized carbons (Fsp3) is 0.636. The van der Waals surface area contributed by atoms with Gasteiger partial charge in [0, 0.05) is 12.8 Å². The molecule has 1 atom stereocenters. The van der Waals surface area contributed by atoms with Crippen LogP contribution in [-0.4, -0.2) is 41.3 Å². The number of hydrogen-bond acceptors (Lipinski definition) is 4. The van der Waals surface area contributed by atoms with Crippen molar-refractivity contribution < 1.29 is 24.5 Å². The summed E-state index contributed by atoms with van der Waals surface area (Å²) in [7, 11) is 0. The number of carbonyl (C=O) groups is 2. The molecule has 0 heterocycles. The zero-order chi connectivity index (χ0) is 12.0. The maximum Gasteiger partial charge on any atom is 0.303 e. The van der Waals surface area contributed by atoms with Crippen molar-refractivity contribution >= 4 is 11.8 Å². The first-order valence-corrected chi connectivity index (χ1v) is 5.31. The van der Waals surface area contributed by atoms with E-state index in [0.717, 1.165) is 0 Å². The highest BCUT2D eigenvalue weighted by atomic mass is 16.5. The molecule has 0 spiro atoms. The topological polar surface area (TPSA) is 83.8 Å². The molecule has 1 aliphatic carbocycles. The Hall–Kier alpha value is -1.20. The van der Waals surface area contributed by atoms with Gasteiger partial charge in [0.15, 0.2) is 5.78 Å². The third-order valence-electron chi connectivity index (χ3n) is 2.39. The number of aliphatic hydroxyl groups excluding tert-OH is 1. The van der Waals surface area contributed by atoms with Crippen LogP contribution >= 0.6 is 0 Å². The predicted octanol–water partition coefficient (Wildman–Crippen LogP) is 0.518. The molecule has 1 aliphatic rings. The van der Waals surface area contributed by atoms with Crippen molar-refractivity contribution in [2.75, 3.05) is 13.2 Å². The molecule has 16 heavy (non-hydrogen) atoms. The molecule has 1 unspecified atom stereocenters. The molecule has 90 valence electrons. The molecule has 0 radical (unpaired) electrons. The molecule has 0 saturated carbocycles. The van der Waals surface area contributed by atoms with E-state index in [4.69, 9.17) is 14.9 Å². The quantitative estimate of drug-likeness (QED) is 0.663. The van der Waals surface area contributed by atoms with Gasteiger partial charge < -0.3 is 14.9 Å². The maximum absolute atomic E-state index is 11.5. The lowest BCUT2D eigenvalue weighted by molar-refractivity contribution is -0.137. The van der Waals surface area contributed by atoms with Gasteiger partial charge in [-0.3, -0.25) is 9.59 Å². The summed E-state index contributed by atoms with van der Waals surface area (Å²) in [6, 6.07) is 0. The van der Waals surface area contributed by atoms with Crippen molar-refractivity contribution in [3.8, 4) is 0 Å². The Morgan fingerprint density at radius 1 is 1.56 bits per heavy atom. The van der Waals surface area contributed by atoms with Crippen LogP contribution in [0.2, 0.25) is 0 Å². The summed E-state index contributed by atoms with van der Waals surface area (Å²) in [5.41, 5.74) is 0.657. The number of rotatable bonds is 7. The zero-order valence-corrected chi connectivity index (χ0v) is 9.02. The van der Waals surface area contributed by atoms with E-state index in [-0.39, 0.29) is 31.5 Å². The van der Waals surface area contributed by atoms with Crippen molar-refractivity contribution in [3.63, 3.8) is 0 Å². The van der Waals surface area contributed by atoms with Gasteiger partial charge in [-0.15, -0.1) is 0 Å². The molecular weight excluding hydrogens is 212 g/mol. The second-order valence-corrected chi connectivity index (χ2v) is 3.70. The number of aliphatic hydroxyl groups is 1. The van der Waals surface area contributed by atoms with E-state index in [2.05, 4.69) is 0 Å². The van der Waals surface area contributed by atoms with Crippen LogP contribution in [0.15, 0.2) is 11.6 Å². The molecule has 1 rings (SSSR count). The van der Waals surface area contributed by atoms with Crippen LogP contribution in [0.4, 0.5) is 0 Å². The summed E-state index contributed by atoms with van der Waals surface area (Å²) in [5.74, 6) is -0.826. The van der Waals surface area contributed by atoms with Gasteiger partial charge in [-0.25, -0.2) is 0 Å². The Bertz CT molecular complexity index is 295. The van der Waals surface area contributed by atoms with Gasteiger partial charge in [-0.05, 0) is 24.5 Å². The summed E-state index contributed by atoms with van der Waals surface area (Å²) in [6.07, 6.45) is 2.83. The zero-order valence-electron chi connectivity index (χ0n) is 9.02. The second-order valence-electron chi connectivity index (χ2n) is 3.70. The number of allylic oxidation sites excluding steroid dienone is 1. The predicted molar refractivity (Wildman–Crippen MR) is 56.0 cm³/mol. The average Bonchev–Trinajstić information content (AvgIpc) is 2.56. The molecule has 0 aromatic carbocycles. The van der Waals surface area contributed by atoms with E-state index in [1.165, 1.54) is 0 Å². The van der Waals surface area contributed by atoms with Crippen molar-refractivity contribution in [2.24, 2.45) is 0 Å². The normalized spacial score (nSPS) is 19.9. The lowest BCUT2D eigenvalue weighted by Gasteiger charge is -2.05. The molecule has 0 aliphatic heterocycles. The summed E-state index contributed by atoms with van der Waals surface area (Å²) < 4.78 is 5.22. The minimum absolute atomic E-state index is 0.0216. The minimum Gasteiger partial charge on any atom is -0.481 e. The van der Waals surface area contributed by atoms with E-state index in [1.807, 2.05) is 0 Å². The number of Topliss-reactive ketones (excluding diaryl/α,β-unsaturated/α-hetero) is 1.